The van der Waals surface area contributed by atoms with Crippen LogP contribution in [0, 0.1) is 0 Å². The molecule has 200 valence electrons. The number of rotatable bonds is 17. The number of aliphatic carboxylic acids is 1. The van der Waals surface area contributed by atoms with Gasteiger partial charge < -0.3 is 38.3 Å². The van der Waals surface area contributed by atoms with Gasteiger partial charge in [-0.15, -0.1) is 0 Å². The highest BCUT2D eigenvalue weighted by atomic mass is 32.1. The Bertz CT molecular complexity index is 887. The summed E-state index contributed by atoms with van der Waals surface area (Å²) in [5.41, 5.74) is 17.3. The Morgan fingerprint density at radius 1 is 0.861 bits per heavy atom. The fraction of sp³-hybridized carbons (Fsp3) is 0.522. The number of unbranched alkanes of at least 4 members (excludes halogenated alkanes) is 1. The quantitative estimate of drug-likeness (QED) is 0.0875. The van der Waals surface area contributed by atoms with Gasteiger partial charge in [0.2, 0.25) is 23.6 Å². The third kappa shape index (κ3) is 11.5. The minimum atomic E-state index is -1.28. The van der Waals surface area contributed by atoms with Gasteiger partial charge in [0, 0.05) is 18.6 Å². The molecule has 4 amide bonds. The zero-order valence-electron chi connectivity index (χ0n) is 20.0. The highest BCUT2D eigenvalue weighted by Gasteiger charge is 2.30. The Morgan fingerprint density at radius 3 is 2.00 bits per heavy atom. The second-order valence-corrected chi connectivity index (χ2v) is 8.66. The van der Waals surface area contributed by atoms with Crippen molar-refractivity contribution < 1.29 is 29.1 Å². The van der Waals surface area contributed by atoms with E-state index in [9.17, 15) is 29.1 Å². The highest BCUT2D eigenvalue weighted by molar-refractivity contribution is 7.80. The van der Waals surface area contributed by atoms with Crippen molar-refractivity contribution in [1.82, 2.24) is 16.0 Å². The fourth-order valence-corrected chi connectivity index (χ4v) is 3.51. The maximum Gasteiger partial charge on any atom is 0.327 e. The molecule has 1 aromatic carbocycles. The fourth-order valence-electron chi connectivity index (χ4n) is 3.26. The molecule has 0 radical (unpaired) electrons. The van der Waals surface area contributed by atoms with E-state index in [0.29, 0.717) is 31.4 Å². The summed E-state index contributed by atoms with van der Waals surface area (Å²) in [6, 6.07) is 4.24. The highest BCUT2D eigenvalue weighted by Crippen LogP contribution is 2.07. The predicted molar refractivity (Wildman–Crippen MR) is 137 cm³/mol. The van der Waals surface area contributed by atoms with Crippen LogP contribution in [0.5, 0.6) is 0 Å². The number of amides is 4. The lowest BCUT2D eigenvalue weighted by Gasteiger charge is -2.25. The van der Waals surface area contributed by atoms with Gasteiger partial charge in [0.15, 0.2) is 0 Å². The van der Waals surface area contributed by atoms with Crippen molar-refractivity contribution in [1.29, 1.82) is 0 Å². The number of benzene rings is 1. The second kappa shape index (κ2) is 16.5. The maximum absolute atomic E-state index is 13.1. The first kappa shape index (κ1) is 30.9. The number of carbonyl (C=O) groups is 5. The maximum atomic E-state index is 13.1. The van der Waals surface area contributed by atoms with Crippen molar-refractivity contribution in [3.05, 3.63) is 35.9 Å². The molecule has 13 heteroatoms. The van der Waals surface area contributed by atoms with E-state index in [1.54, 1.807) is 30.3 Å². The van der Waals surface area contributed by atoms with Crippen molar-refractivity contribution in [3.63, 3.8) is 0 Å². The zero-order chi connectivity index (χ0) is 27.1. The van der Waals surface area contributed by atoms with Crippen LogP contribution in [0.3, 0.4) is 0 Å². The van der Waals surface area contributed by atoms with E-state index in [0.717, 1.165) is 0 Å². The Kier molecular flexibility index (Phi) is 14.1. The van der Waals surface area contributed by atoms with Gasteiger partial charge in [0.1, 0.15) is 18.1 Å². The number of nitrogens with one attached hydrogen (secondary N) is 3. The molecule has 12 nitrogen and oxygen atoms in total. The SMILES string of the molecule is NCCCCC(N)C(=O)NC(CCC(N)=O)C(=O)NC(Cc1ccccc1)C(=O)NC(CS)C(=O)O. The topological polar surface area (TPSA) is 220 Å². The molecule has 0 saturated heterocycles. The number of hydrogen-bond acceptors (Lipinski definition) is 8. The van der Waals surface area contributed by atoms with E-state index in [1.165, 1.54) is 0 Å². The van der Waals surface area contributed by atoms with E-state index in [2.05, 4.69) is 28.6 Å². The minimum Gasteiger partial charge on any atom is -0.480 e. The van der Waals surface area contributed by atoms with E-state index < -0.39 is 53.8 Å². The smallest absolute Gasteiger partial charge is 0.327 e. The molecule has 0 bridgehead atoms. The standard InChI is InChI=1S/C23H36N6O6S/c24-11-5-4-8-15(25)20(31)27-16(9-10-19(26)30)21(32)28-17(12-14-6-2-1-3-7-14)22(33)29-18(13-36)23(34)35/h1-3,6-7,15-18,36H,4-5,8-13,24-25H2,(H2,26,30)(H,27,31)(H,28,32)(H,29,33)(H,34,35). The lowest BCUT2D eigenvalue weighted by atomic mass is 10.0. The summed E-state index contributed by atoms with van der Waals surface area (Å²) in [4.78, 5) is 61.2. The lowest BCUT2D eigenvalue weighted by molar-refractivity contribution is -0.141. The third-order valence-corrected chi connectivity index (χ3v) is 5.70. The van der Waals surface area contributed by atoms with Gasteiger partial charge in [-0.1, -0.05) is 36.8 Å². The van der Waals surface area contributed by atoms with Gasteiger partial charge in [0.25, 0.3) is 0 Å². The molecule has 4 atom stereocenters. The number of primary amides is 1. The van der Waals surface area contributed by atoms with Gasteiger partial charge in [-0.2, -0.15) is 12.6 Å². The summed E-state index contributed by atoms with van der Waals surface area (Å²) in [5.74, 6) is -4.20. The van der Waals surface area contributed by atoms with Crippen LogP contribution in [0.4, 0.5) is 0 Å². The summed E-state index contributed by atoms with van der Waals surface area (Å²) < 4.78 is 0. The summed E-state index contributed by atoms with van der Waals surface area (Å²) >= 11 is 3.94. The molecule has 0 fully saturated rings. The molecule has 0 heterocycles. The first-order valence-electron chi connectivity index (χ1n) is 11.6. The minimum absolute atomic E-state index is 0.0480. The molecule has 36 heavy (non-hydrogen) atoms. The Balaban J connectivity index is 3.05. The Labute approximate surface area is 215 Å². The van der Waals surface area contributed by atoms with Crippen LogP contribution in [0.15, 0.2) is 30.3 Å². The Morgan fingerprint density at radius 2 is 1.44 bits per heavy atom. The summed E-state index contributed by atoms with van der Waals surface area (Å²) in [5, 5.41) is 16.7. The van der Waals surface area contributed by atoms with E-state index in [1.807, 2.05) is 0 Å². The van der Waals surface area contributed by atoms with Gasteiger partial charge in [-0.05, 0) is 31.4 Å². The number of carboxylic acids is 1. The van der Waals surface area contributed by atoms with Gasteiger partial charge in [-0.25, -0.2) is 4.79 Å². The van der Waals surface area contributed by atoms with Gasteiger partial charge >= 0.3 is 5.97 Å². The molecular weight excluding hydrogens is 488 g/mol. The molecule has 0 spiro atoms. The Hall–Kier alpha value is -3.16. The number of hydrogen-bond donors (Lipinski definition) is 8. The third-order valence-electron chi connectivity index (χ3n) is 5.33. The van der Waals surface area contributed by atoms with E-state index >= 15 is 0 Å². The second-order valence-electron chi connectivity index (χ2n) is 8.29. The molecule has 0 aliphatic rings. The molecule has 4 unspecified atom stereocenters. The molecule has 0 aliphatic heterocycles. The van der Waals surface area contributed by atoms with Gasteiger partial charge in [-0.3, -0.25) is 19.2 Å². The van der Waals surface area contributed by atoms with Crippen LogP contribution < -0.4 is 33.2 Å². The predicted octanol–water partition coefficient (Wildman–Crippen LogP) is -1.58. The lowest BCUT2D eigenvalue weighted by Crippen LogP contribution is -2.58. The van der Waals surface area contributed by atoms with Crippen molar-refractivity contribution in [2.24, 2.45) is 17.2 Å². The van der Waals surface area contributed by atoms with Crippen LogP contribution in [0.1, 0.15) is 37.7 Å². The number of carbonyl (C=O) groups excluding carboxylic acids is 4. The summed E-state index contributed by atoms with van der Waals surface area (Å²) in [6.07, 6.45) is 1.40. The molecular formula is C23H36N6O6S. The van der Waals surface area contributed by atoms with E-state index in [4.69, 9.17) is 17.2 Å². The summed E-state index contributed by atoms with van der Waals surface area (Å²) in [7, 11) is 0. The average Bonchev–Trinajstić information content (AvgIpc) is 2.84. The average molecular weight is 525 g/mol. The number of carboxylic acid groups (broad SMARTS) is 1. The number of nitrogens with two attached hydrogens (primary N) is 3. The van der Waals surface area contributed by atoms with Crippen LogP contribution in [0.25, 0.3) is 0 Å². The van der Waals surface area contributed by atoms with Crippen molar-refractivity contribution in [2.75, 3.05) is 12.3 Å². The zero-order valence-corrected chi connectivity index (χ0v) is 20.9. The molecule has 1 aromatic rings. The van der Waals surface area contributed by atoms with Crippen LogP contribution in [-0.2, 0) is 30.4 Å². The molecule has 0 aromatic heterocycles. The first-order valence-corrected chi connectivity index (χ1v) is 12.2. The molecule has 0 aliphatic carbocycles. The van der Waals surface area contributed by atoms with Crippen LogP contribution >= 0.6 is 12.6 Å². The number of thiol groups is 1. The van der Waals surface area contributed by atoms with Crippen molar-refractivity contribution in [2.45, 2.75) is 62.7 Å². The first-order chi connectivity index (χ1) is 17.1. The van der Waals surface area contributed by atoms with Crippen LogP contribution in [0.2, 0.25) is 0 Å². The van der Waals surface area contributed by atoms with Crippen molar-refractivity contribution >= 4 is 42.2 Å². The van der Waals surface area contributed by atoms with Crippen LogP contribution in [-0.4, -0.2) is 71.2 Å². The monoisotopic (exact) mass is 524 g/mol. The molecule has 10 N–H and O–H groups in total. The van der Waals surface area contributed by atoms with E-state index in [-0.39, 0.29) is 25.0 Å². The normalized spacial score (nSPS) is 14.1. The molecule has 1 rings (SSSR count). The van der Waals surface area contributed by atoms with Gasteiger partial charge in [0.05, 0.1) is 6.04 Å². The summed E-state index contributed by atoms with van der Waals surface area (Å²) in [6.45, 7) is 0.457. The largest absolute Gasteiger partial charge is 0.480 e. The van der Waals surface area contributed by atoms with Crippen molar-refractivity contribution in [3.8, 4) is 0 Å². The molecule has 0 saturated carbocycles.